The van der Waals surface area contributed by atoms with Crippen LogP contribution in [0, 0.1) is 0 Å². The molecule has 0 unspecified atom stereocenters. The Morgan fingerprint density at radius 2 is 1.15 bits per heavy atom. The molecule has 188 valence electrons. The first-order chi connectivity index (χ1) is 19.8. The Hall–Kier alpha value is -5.06. The molecule has 0 atom stereocenters. The van der Waals surface area contributed by atoms with Crippen LogP contribution in [0.25, 0.3) is 76.4 Å². The molecular formula is C36H22N2OS. The van der Waals surface area contributed by atoms with Crippen molar-refractivity contribution in [3.63, 3.8) is 0 Å². The van der Waals surface area contributed by atoms with Gasteiger partial charge in [-0.3, -0.25) is 0 Å². The van der Waals surface area contributed by atoms with E-state index in [2.05, 4.69) is 109 Å². The second kappa shape index (κ2) is 9.30. The predicted octanol–water partition coefficient (Wildman–Crippen LogP) is 10.3. The molecule has 0 fully saturated rings. The Kier molecular flexibility index (Phi) is 5.32. The maximum Gasteiger partial charge on any atom is 0.160 e. The van der Waals surface area contributed by atoms with Crippen molar-refractivity contribution in [1.82, 2.24) is 9.97 Å². The lowest BCUT2D eigenvalue weighted by Gasteiger charge is -2.09. The van der Waals surface area contributed by atoms with E-state index < -0.39 is 0 Å². The summed E-state index contributed by atoms with van der Waals surface area (Å²) in [6.07, 6.45) is 0. The van der Waals surface area contributed by atoms with Gasteiger partial charge in [0.05, 0.1) is 16.3 Å². The van der Waals surface area contributed by atoms with Crippen LogP contribution in [0.2, 0.25) is 0 Å². The molecule has 3 aromatic heterocycles. The number of fused-ring (bicyclic) bond motifs is 4. The van der Waals surface area contributed by atoms with Crippen LogP contribution in [0.5, 0.6) is 0 Å². The Bertz CT molecular complexity index is 2120. The summed E-state index contributed by atoms with van der Waals surface area (Å²) in [4.78, 5) is 11.3. The van der Waals surface area contributed by atoms with Crippen molar-refractivity contribution in [1.29, 1.82) is 0 Å². The number of nitrogens with zero attached hydrogens (tertiary/aromatic N) is 2. The van der Waals surface area contributed by atoms with Gasteiger partial charge in [0.1, 0.15) is 11.2 Å². The van der Waals surface area contributed by atoms with E-state index >= 15 is 0 Å². The Balaban J connectivity index is 1.28. The van der Waals surface area contributed by atoms with Gasteiger partial charge >= 0.3 is 0 Å². The van der Waals surface area contributed by atoms with Crippen LogP contribution in [-0.4, -0.2) is 9.97 Å². The van der Waals surface area contributed by atoms with Crippen LogP contribution in [0.4, 0.5) is 0 Å². The third-order valence-electron chi connectivity index (χ3n) is 7.33. The minimum absolute atomic E-state index is 0.680. The van der Waals surface area contributed by atoms with Gasteiger partial charge < -0.3 is 4.42 Å². The lowest BCUT2D eigenvalue weighted by atomic mass is 10.0. The highest BCUT2D eigenvalue weighted by molar-refractivity contribution is 7.22. The average Bonchev–Trinajstić information content (AvgIpc) is 3.63. The van der Waals surface area contributed by atoms with E-state index in [0.717, 1.165) is 49.3 Å². The average molecular weight is 531 g/mol. The Morgan fingerprint density at radius 3 is 2.02 bits per heavy atom. The summed E-state index contributed by atoms with van der Waals surface area (Å²) in [7, 11) is 0. The molecular weight excluding hydrogens is 508 g/mol. The van der Waals surface area contributed by atoms with Crippen LogP contribution >= 0.6 is 11.3 Å². The van der Waals surface area contributed by atoms with E-state index in [4.69, 9.17) is 14.4 Å². The van der Waals surface area contributed by atoms with Gasteiger partial charge in [-0.2, -0.15) is 0 Å². The highest BCUT2D eigenvalue weighted by Crippen LogP contribution is 2.37. The van der Waals surface area contributed by atoms with Gasteiger partial charge in [0.15, 0.2) is 5.82 Å². The largest absolute Gasteiger partial charge is 0.456 e. The molecule has 0 spiro atoms. The topological polar surface area (TPSA) is 38.9 Å². The van der Waals surface area contributed by atoms with Crippen molar-refractivity contribution < 1.29 is 4.42 Å². The zero-order valence-corrected chi connectivity index (χ0v) is 22.2. The minimum atomic E-state index is 0.680. The highest BCUT2D eigenvalue weighted by atomic mass is 32.1. The van der Waals surface area contributed by atoms with Gasteiger partial charge in [-0.25, -0.2) is 9.97 Å². The van der Waals surface area contributed by atoms with E-state index in [1.54, 1.807) is 11.3 Å². The molecule has 0 saturated heterocycles. The molecule has 40 heavy (non-hydrogen) atoms. The van der Waals surface area contributed by atoms with Crippen molar-refractivity contribution >= 4 is 43.4 Å². The molecule has 0 radical (unpaired) electrons. The summed E-state index contributed by atoms with van der Waals surface area (Å²) in [6, 6.07) is 46.2. The molecule has 0 N–H and O–H groups in total. The third-order valence-corrected chi connectivity index (χ3v) is 8.47. The quantitative estimate of drug-likeness (QED) is 0.227. The van der Waals surface area contributed by atoms with Crippen molar-refractivity contribution in [3.05, 3.63) is 133 Å². The van der Waals surface area contributed by atoms with Gasteiger partial charge in [-0.1, -0.05) is 97.1 Å². The van der Waals surface area contributed by atoms with E-state index in [9.17, 15) is 0 Å². The van der Waals surface area contributed by atoms with Gasteiger partial charge in [0, 0.05) is 26.6 Å². The number of hydrogen-bond donors (Lipinski definition) is 0. The van der Waals surface area contributed by atoms with Crippen LogP contribution in [0.1, 0.15) is 0 Å². The molecule has 0 bridgehead atoms. The molecule has 4 heteroatoms. The zero-order valence-electron chi connectivity index (χ0n) is 21.4. The lowest BCUT2D eigenvalue weighted by molar-refractivity contribution is 0.669. The minimum Gasteiger partial charge on any atom is -0.456 e. The first-order valence-corrected chi connectivity index (χ1v) is 14.1. The predicted molar refractivity (Wildman–Crippen MR) is 166 cm³/mol. The van der Waals surface area contributed by atoms with Crippen molar-refractivity contribution in [2.24, 2.45) is 0 Å². The number of thiophene rings is 1. The lowest BCUT2D eigenvalue weighted by Crippen LogP contribution is -1.95. The van der Waals surface area contributed by atoms with Gasteiger partial charge in [-0.05, 0) is 52.9 Å². The summed E-state index contributed by atoms with van der Waals surface area (Å²) in [5.41, 5.74) is 7.88. The second-order valence-electron chi connectivity index (χ2n) is 9.86. The van der Waals surface area contributed by atoms with E-state index in [1.165, 1.54) is 21.2 Å². The fourth-order valence-electron chi connectivity index (χ4n) is 5.29. The normalized spacial score (nSPS) is 11.5. The maximum absolute atomic E-state index is 6.19. The maximum atomic E-state index is 6.19. The summed E-state index contributed by atoms with van der Waals surface area (Å²) in [5.74, 6) is 0.680. The van der Waals surface area contributed by atoms with Gasteiger partial charge in [0.25, 0.3) is 0 Å². The van der Waals surface area contributed by atoms with Gasteiger partial charge in [-0.15, -0.1) is 11.3 Å². The first-order valence-electron chi connectivity index (χ1n) is 13.2. The molecule has 0 amide bonds. The van der Waals surface area contributed by atoms with Gasteiger partial charge in [0.2, 0.25) is 0 Å². The molecule has 8 aromatic rings. The fourth-order valence-corrected chi connectivity index (χ4v) is 6.31. The third kappa shape index (κ3) is 3.98. The summed E-state index contributed by atoms with van der Waals surface area (Å²) in [6.45, 7) is 0. The molecule has 0 saturated carbocycles. The number of benzene rings is 5. The Morgan fingerprint density at radius 1 is 0.475 bits per heavy atom. The number of para-hydroxylation sites is 1. The summed E-state index contributed by atoms with van der Waals surface area (Å²) in [5, 5.41) is 3.43. The summed E-state index contributed by atoms with van der Waals surface area (Å²) < 4.78 is 7.43. The Labute approximate surface area is 235 Å². The van der Waals surface area contributed by atoms with Crippen molar-refractivity contribution in [2.75, 3.05) is 0 Å². The molecule has 8 rings (SSSR count). The first kappa shape index (κ1) is 22.9. The molecule has 0 aliphatic carbocycles. The smallest absolute Gasteiger partial charge is 0.160 e. The van der Waals surface area contributed by atoms with Crippen LogP contribution in [0.15, 0.2) is 138 Å². The molecule has 3 nitrogen and oxygen atoms in total. The highest BCUT2D eigenvalue weighted by Gasteiger charge is 2.15. The standard InChI is InChI=1S/C36H22N2OS/c1-2-8-23(9-3-1)24-14-16-25(17-15-24)30-22-31(35-21-26-10-4-7-13-34(26)40-35)38-36(37-30)27-18-19-29-28-11-5-6-12-32(28)39-33(29)20-27/h1-22H. The van der Waals surface area contributed by atoms with Crippen LogP contribution in [-0.2, 0) is 0 Å². The molecule has 0 aliphatic heterocycles. The molecule has 0 aliphatic rings. The SMILES string of the molecule is c1ccc(-c2ccc(-c3cc(-c4cc5ccccc5s4)nc(-c4ccc5c(c4)oc4ccccc45)n3)cc2)cc1. The fraction of sp³-hybridized carbons (Fsp3) is 0. The number of rotatable bonds is 4. The second-order valence-corrected chi connectivity index (χ2v) is 10.9. The van der Waals surface area contributed by atoms with E-state index in [0.29, 0.717) is 5.82 Å². The van der Waals surface area contributed by atoms with Crippen LogP contribution in [0.3, 0.4) is 0 Å². The van der Waals surface area contributed by atoms with E-state index in [-0.39, 0.29) is 0 Å². The summed E-state index contributed by atoms with van der Waals surface area (Å²) >= 11 is 1.75. The molecule has 3 heterocycles. The van der Waals surface area contributed by atoms with E-state index in [1.807, 2.05) is 24.3 Å². The van der Waals surface area contributed by atoms with Crippen molar-refractivity contribution in [3.8, 4) is 44.3 Å². The number of hydrogen-bond acceptors (Lipinski definition) is 4. The monoisotopic (exact) mass is 530 g/mol. The zero-order chi connectivity index (χ0) is 26.5. The molecule has 5 aromatic carbocycles. The number of furan rings is 1. The van der Waals surface area contributed by atoms with Crippen LogP contribution < -0.4 is 0 Å². The number of aromatic nitrogens is 2. The van der Waals surface area contributed by atoms with Crippen molar-refractivity contribution in [2.45, 2.75) is 0 Å².